The van der Waals surface area contributed by atoms with Gasteiger partial charge in [-0.05, 0) is 40.8 Å². The van der Waals surface area contributed by atoms with E-state index in [2.05, 4.69) is 28.7 Å². The molecule has 4 heterocycles. The maximum Gasteiger partial charge on any atom is 0.410 e. The minimum absolute atomic E-state index is 0.0319. The van der Waals surface area contributed by atoms with E-state index in [4.69, 9.17) is 14.7 Å². The van der Waals surface area contributed by atoms with Crippen LogP contribution in [0.25, 0.3) is 11.2 Å². The molecular weight excluding hydrogens is 472 g/mol. The van der Waals surface area contributed by atoms with E-state index in [0.717, 1.165) is 42.1 Å². The van der Waals surface area contributed by atoms with Crippen LogP contribution in [0.5, 0.6) is 0 Å². The van der Waals surface area contributed by atoms with Gasteiger partial charge in [0, 0.05) is 57.2 Å². The molecule has 1 unspecified atom stereocenters. The molecule has 4 rings (SSSR count). The van der Waals surface area contributed by atoms with Gasteiger partial charge in [-0.1, -0.05) is 13.0 Å². The highest BCUT2D eigenvalue weighted by Gasteiger charge is 2.31. The lowest BCUT2D eigenvalue weighted by molar-refractivity contribution is -0.125. The van der Waals surface area contributed by atoms with Crippen LogP contribution in [0.4, 0.5) is 10.6 Å². The Morgan fingerprint density at radius 1 is 1.16 bits per heavy atom. The summed E-state index contributed by atoms with van der Waals surface area (Å²) in [6.07, 6.45) is 7.72. The molecule has 2 fully saturated rings. The Bertz CT molecular complexity index is 1120. The van der Waals surface area contributed by atoms with Crippen LogP contribution >= 0.6 is 0 Å². The first kappa shape index (κ1) is 26.8. The predicted molar refractivity (Wildman–Crippen MR) is 142 cm³/mol. The molecule has 0 aliphatic carbocycles. The number of likely N-dealkylation sites (tertiary alicyclic amines) is 2. The third-order valence-electron chi connectivity index (χ3n) is 6.89. The Labute approximate surface area is 218 Å². The summed E-state index contributed by atoms with van der Waals surface area (Å²) in [5.41, 5.74) is 1.63. The fraction of sp³-hybridized carbons (Fsp3) is 0.654. The molecular formula is C26H40N8O3. The molecule has 11 heteroatoms. The van der Waals surface area contributed by atoms with Crippen molar-refractivity contribution >= 4 is 29.0 Å². The van der Waals surface area contributed by atoms with Gasteiger partial charge in [-0.25, -0.2) is 19.7 Å². The van der Waals surface area contributed by atoms with E-state index in [0.29, 0.717) is 39.1 Å². The molecule has 2 aliphatic rings. The summed E-state index contributed by atoms with van der Waals surface area (Å²) in [7, 11) is 3.91. The molecule has 202 valence electrons. The molecule has 0 spiro atoms. The Balaban J connectivity index is 1.28. The molecule has 0 saturated carbocycles. The van der Waals surface area contributed by atoms with Crippen LogP contribution in [0.2, 0.25) is 0 Å². The topological polar surface area (TPSA) is 109 Å². The number of amides is 2. The second kappa shape index (κ2) is 11.9. The first-order valence-electron chi connectivity index (χ1n) is 13.3. The van der Waals surface area contributed by atoms with E-state index in [9.17, 15) is 9.59 Å². The molecule has 2 aromatic rings. The highest BCUT2D eigenvalue weighted by atomic mass is 16.6. The number of piperidine rings is 1. The Hall–Kier alpha value is -3.21. The molecule has 2 saturated heterocycles. The number of fused-ring (bicyclic) bond motifs is 1. The van der Waals surface area contributed by atoms with E-state index < -0.39 is 0 Å². The second-order valence-corrected chi connectivity index (χ2v) is 10.4. The molecule has 1 N–H and O–H groups in total. The van der Waals surface area contributed by atoms with E-state index in [1.807, 2.05) is 38.3 Å². The summed E-state index contributed by atoms with van der Waals surface area (Å²) in [6.45, 7) is 9.25. The van der Waals surface area contributed by atoms with Gasteiger partial charge in [-0.15, -0.1) is 0 Å². The Morgan fingerprint density at radius 3 is 2.57 bits per heavy atom. The number of carbonyl (C=O) groups excluding carboxylic acids is 2. The number of ether oxygens (including phenoxy) is 1. The number of carbonyl (C=O) groups is 2. The van der Waals surface area contributed by atoms with Crippen molar-refractivity contribution in [2.24, 2.45) is 0 Å². The summed E-state index contributed by atoms with van der Waals surface area (Å²) in [4.78, 5) is 44.6. The fourth-order valence-electron chi connectivity index (χ4n) is 4.71. The predicted octanol–water partition coefficient (Wildman–Crippen LogP) is 2.70. The fourth-order valence-corrected chi connectivity index (χ4v) is 4.71. The van der Waals surface area contributed by atoms with Crippen LogP contribution in [0, 0.1) is 0 Å². The van der Waals surface area contributed by atoms with Gasteiger partial charge in [0.15, 0.2) is 11.5 Å². The number of aryl methyl sites for hydroxylation is 1. The summed E-state index contributed by atoms with van der Waals surface area (Å²) in [6, 6.07) is 0.445. The maximum atomic E-state index is 12.8. The third kappa shape index (κ3) is 6.57. The molecule has 0 bridgehead atoms. The lowest BCUT2D eigenvalue weighted by atomic mass is 10.1. The maximum absolute atomic E-state index is 12.8. The zero-order chi connectivity index (χ0) is 26.5. The zero-order valence-electron chi connectivity index (χ0n) is 22.7. The standard InChI is InChI=1S/C26H40N8O3/c1-6-21-29-24(23-25(30-21)34(17-27-23)18(2)3)28-19-9-13-32(14-10-19)26(36)37-20-11-15-33(16-20)22(35)8-7-12-31(4)5/h7-8,17-20H,6,9-16H2,1-5H3,(H,28,29,30)/b8-7+. The number of anilines is 1. The van der Waals surface area contributed by atoms with Gasteiger partial charge >= 0.3 is 6.09 Å². The van der Waals surface area contributed by atoms with Crippen LogP contribution < -0.4 is 5.32 Å². The van der Waals surface area contributed by atoms with Crippen LogP contribution in [-0.2, 0) is 16.0 Å². The van der Waals surface area contributed by atoms with Gasteiger partial charge in [0.05, 0.1) is 12.9 Å². The number of nitrogens with zero attached hydrogens (tertiary/aromatic N) is 7. The van der Waals surface area contributed by atoms with Gasteiger partial charge in [-0.2, -0.15) is 0 Å². The van der Waals surface area contributed by atoms with Crippen LogP contribution in [0.3, 0.4) is 0 Å². The summed E-state index contributed by atoms with van der Waals surface area (Å²) < 4.78 is 7.81. The average Bonchev–Trinajstić information content (AvgIpc) is 3.51. The quantitative estimate of drug-likeness (QED) is 0.538. The van der Waals surface area contributed by atoms with E-state index >= 15 is 0 Å². The van der Waals surface area contributed by atoms with Crippen molar-refractivity contribution in [1.29, 1.82) is 0 Å². The Morgan fingerprint density at radius 2 is 1.89 bits per heavy atom. The van der Waals surface area contributed by atoms with Crippen molar-refractivity contribution in [3.05, 3.63) is 24.3 Å². The molecule has 2 aliphatic heterocycles. The summed E-state index contributed by atoms with van der Waals surface area (Å²) >= 11 is 0. The number of aromatic nitrogens is 4. The minimum Gasteiger partial charge on any atom is -0.444 e. The van der Waals surface area contributed by atoms with Gasteiger partial charge in [0.2, 0.25) is 5.91 Å². The van der Waals surface area contributed by atoms with Crippen molar-refractivity contribution in [2.75, 3.05) is 52.1 Å². The van der Waals surface area contributed by atoms with Gasteiger partial charge in [0.25, 0.3) is 0 Å². The molecule has 37 heavy (non-hydrogen) atoms. The van der Waals surface area contributed by atoms with Gasteiger partial charge in [-0.3, -0.25) is 4.79 Å². The normalized spacial score (nSPS) is 19.1. The van der Waals surface area contributed by atoms with Crippen LogP contribution in [0.15, 0.2) is 18.5 Å². The number of rotatable bonds is 8. The van der Waals surface area contributed by atoms with Crippen LogP contribution in [0.1, 0.15) is 51.9 Å². The number of nitrogens with one attached hydrogen (secondary N) is 1. The third-order valence-corrected chi connectivity index (χ3v) is 6.89. The molecule has 2 aromatic heterocycles. The molecule has 11 nitrogen and oxygen atoms in total. The molecule has 1 atom stereocenters. The zero-order valence-corrected chi connectivity index (χ0v) is 22.7. The lowest BCUT2D eigenvalue weighted by Gasteiger charge is -2.32. The highest BCUT2D eigenvalue weighted by molar-refractivity contribution is 5.88. The number of likely N-dealkylation sites (N-methyl/N-ethyl adjacent to an activating group) is 1. The van der Waals surface area contributed by atoms with E-state index in [1.54, 1.807) is 15.9 Å². The molecule has 0 radical (unpaired) electrons. The smallest absolute Gasteiger partial charge is 0.410 e. The lowest BCUT2D eigenvalue weighted by Crippen LogP contribution is -2.44. The first-order chi connectivity index (χ1) is 17.7. The molecule has 0 aromatic carbocycles. The van der Waals surface area contributed by atoms with Crippen molar-refractivity contribution in [3.8, 4) is 0 Å². The average molecular weight is 513 g/mol. The van der Waals surface area contributed by atoms with Gasteiger partial charge < -0.3 is 29.3 Å². The van der Waals surface area contributed by atoms with Crippen molar-refractivity contribution in [1.82, 2.24) is 34.2 Å². The van der Waals surface area contributed by atoms with E-state index in [-0.39, 0.29) is 30.2 Å². The number of imidazole rings is 1. The first-order valence-corrected chi connectivity index (χ1v) is 13.3. The van der Waals surface area contributed by atoms with Crippen molar-refractivity contribution in [3.63, 3.8) is 0 Å². The Kier molecular flexibility index (Phi) is 8.63. The van der Waals surface area contributed by atoms with Crippen LogP contribution in [-0.4, -0.2) is 105 Å². The number of hydrogen-bond acceptors (Lipinski definition) is 8. The summed E-state index contributed by atoms with van der Waals surface area (Å²) in [5, 5.41) is 3.57. The van der Waals surface area contributed by atoms with Gasteiger partial charge in [0.1, 0.15) is 17.4 Å². The highest BCUT2D eigenvalue weighted by Crippen LogP contribution is 2.25. The monoisotopic (exact) mass is 512 g/mol. The van der Waals surface area contributed by atoms with E-state index in [1.165, 1.54) is 0 Å². The minimum atomic E-state index is -0.297. The summed E-state index contributed by atoms with van der Waals surface area (Å²) in [5.74, 6) is 1.52. The van der Waals surface area contributed by atoms with Crippen molar-refractivity contribution in [2.45, 2.75) is 64.6 Å². The molecule has 2 amide bonds. The second-order valence-electron chi connectivity index (χ2n) is 10.4. The largest absolute Gasteiger partial charge is 0.444 e. The SMILES string of the molecule is CCc1nc(NC2CCN(C(=O)OC3CCN(C(=O)/C=C/CN(C)C)C3)CC2)c2ncn(C(C)C)c2n1. The number of hydrogen-bond donors (Lipinski definition) is 1. The van der Waals surface area contributed by atoms with Crippen molar-refractivity contribution < 1.29 is 14.3 Å².